The summed E-state index contributed by atoms with van der Waals surface area (Å²) in [5.41, 5.74) is 9.94. The molecule has 31 heavy (non-hydrogen) atoms. The molecule has 0 spiro atoms. The first-order chi connectivity index (χ1) is 15.4. The summed E-state index contributed by atoms with van der Waals surface area (Å²) in [6, 6.07) is 31.2. The molecule has 0 unspecified atom stereocenters. The van der Waals surface area contributed by atoms with Crippen LogP contribution in [0.2, 0.25) is 0 Å². The third kappa shape index (κ3) is 3.33. The largest absolute Gasteiger partial charge is 0.327 e. The van der Waals surface area contributed by atoms with Crippen LogP contribution in [-0.4, -0.2) is 9.55 Å². The van der Waals surface area contributed by atoms with Crippen LogP contribution in [0.4, 0.5) is 0 Å². The first-order valence-corrected chi connectivity index (χ1v) is 11.4. The summed E-state index contributed by atoms with van der Waals surface area (Å²) in [6.45, 7) is 0. The summed E-state index contributed by atoms with van der Waals surface area (Å²) in [5.74, 6) is 0. The van der Waals surface area contributed by atoms with Crippen LogP contribution >= 0.6 is 0 Å². The Morgan fingerprint density at radius 3 is 1.65 bits per heavy atom. The first kappa shape index (κ1) is 18.4. The predicted molar refractivity (Wildman–Crippen MR) is 128 cm³/mol. The fraction of sp³-hybridized carbons (Fsp3) is 0.207. The fourth-order valence-corrected chi connectivity index (χ4v) is 5.20. The smallest absolute Gasteiger partial charge is 0.0963 e. The zero-order valence-corrected chi connectivity index (χ0v) is 17.7. The van der Waals surface area contributed by atoms with Crippen LogP contribution in [0.5, 0.6) is 0 Å². The van der Waals surface area contributed by atoms with E-state index in [4.69, 9.17) is 4.98 Å². The molecule has 1 aromatic heterocycles. The van der Waals surface area contributed by atoms with Gasteiger partial charge in [-0.3, -0.25) is 0 Å². The molecular formula is C29H26N2. The van der Waals surface area contributed by atoms with Gasteiger partial charge in [0.1, 0.15) is 0 Å². The average Bonchev–Trinajstić information content (AvgIpc) is 3.43. The van der Waals surface area contributed by atoms with E-state index in [2.05, 4.69) is 95.8 Å². The summed E-state index contributed by atoms with van der Waals surface area (Å²) in [7, 11) is 0. The molecule has 1 heterocycles. The predicted octanol–water partition coefficient (Wildman–Crippen LogP) is 7.93. The maximum absolute atomic E-state index is 4.99. The molecule has 0 aliphatic heterocycles. The molecule has 5 aliphatic rings. The highest BCUT2D eigenvalue weighted by molar-refractivity contribution is 5.88. The van der Waals surface area contributed by atoms with E-state index in [9.17, 15) is 0 Å². The normalized spacial score (nSPS) is 15.0. The Labute approximate surface area is 183 Å². The second kappa shape index (κ2) is 7.70. The second-order valence-electron chi connectivity index (χ2n) is 8.77. The summed E-state index contributed by atoms with van der Waals surface area (Å²) < 4.78 is 2.47. The molecule has 0 N–H and O–H groups in total. The number of imidazole rings is 1. The Morgan fingerprint density at radius 1 is 0.581 bits per heavy atom. The van der Waals surface area contributed by atoms with Crippen LogP contribution in [0.3, 0.4) is 0 Å². The van der Waals surface area contributed by atoms with Gasteiger partial charge < -0.3 is 4.57 Å². The van der Waals surface area contributed by atoms with Crippen LogP contribution in [0.1, 0.15) is 38.1 Å². The van der Waals surface area contributed by atoms with Gasteiger partial charge in [0.15, 0.2) is 0 Å². The van der Waals surface area contributed by atoms with Crippen molar-refractivity contribution in [3.63, 3.8) is 0 Å². The Balaban J connectivity index is 1.56. The Bertz CT molecular complexity index is 1210. The highest BCUT2D eigenvalue weighted by Crippen LogP contribution is 2.42. The average molecular weight is 403 g/mol. The molecule has 152 valence electrons. The van der Waals surface area contributed by atoms with Crippen molar-refractivity contribution >= 4 is 0 Å². The molecule has 0 atom stereocenters. The summed E-state index contributed by atoms with van der Waals surface area (Å²) in [6.07, 6.45) is 8.57. The van der Waals surface area contributed by atoms with Crippen molar-refractivity contribution in [3.05, 3.63) is 91.3 Å². The number of hydrogen-bond donors (Lipinski definition) is 0. The van der Waals surface area contributed by atoms with E-state index in [1.807, 2.05) is 0 Å². The van der Waals surface area contributed by atoms with E-state index >= 15 is 0 Å². The molecule has 1 fully saturated rings. The maximum Gasteiger partial charge on any atom is 0.0963 e. The number of rotatable bonds is 3. The number of aromatic nitrogens is 2. The Morgan fingerprint density at radius 2 is 1.10 bits per heavy atom. The van der Waals surface area contributed by atoms with E-state index in [-0.39, 0.29) is 0 Å². The summed E-state index contributed by atoms with van der Waals surface area (Å²) in [5, 5.41) is 0. The van der Waals surface area contributed by atoms with E-state index < -0.39 is 0 Å². The molecular weight excluding hydrogens is 376 g/mol. The first-order valence-electron chi connectivity index (χ1n) is 11.4. The van der Waals surface area contributed by atoms with Crippen LogP contribution < -0.4 is 0 Å². The van der Waals surface area contributed by atoms with Gasteiger partial charge in [-0.1, -0.05) is 79.9 Å². The van der Waals surface area contributed by atoms with Gasteiger partial charge in [0, 0.05) is 17.2 Å². The minimum absolute atomic E-state index is 0.543. The van der Waals surface area contributed by atoms with Crippen molar-refractivity contribution in [1.82, 2.24) is 9.55 Å². The lowest BCUT2D eigenvalue weighted by Gasteiger charge is -2.25. The quantitative estimate of drug-likeness (QED) is 0.299. The molecule has 0 aromatic carbocycles. The summed E-state index contributed by atoms with van der Waals surface area (Å²) >= 11 is 0. The van der Waals surface area contributed by atoms with E-state index in [1.54, 1.807) is 0 Å². The third-order valence-electron chi connectivity index (χ3n) is 6.77. The van der Waals surface area contributed by atoms with Crippen molar-refractivity contribution in [2.45, 2.75) is 38.1 Å². The molecule has 0 saturated heterocycles. The zero-order chi connectivity index (χ0) is 20.6. The number of nitrogens with zero attached hydrogens (tertiary/aromatic N) is 2. The minimum Gasteiger partial charge on any atom is -0.327 e. The van der Waals surface area contributed by atoms with Crippen LogP contribution in [0.25, 0.3) is 44.8 Å². The Hall–Kier alpha value is -3.39. The lowest BCUT2D eigenvalue weighted by Crippen LogP contribution is -2.12. The highest BCUT2D eigenvalue weighted by Gasteiger charge is 2.24. The van der Waals surface area contributed by atoms with Gasteiger partial charge in [-0.25, -0.2) is 4.98 Å². The minimum atomic E-state index is 0.543. The molecule has 0 bridgehead atoms. The molecule has 0 radical (unpaired) electrons. The van der Waals surface area contributed by atoms with Crippen molar-refractivity contribution in [1.29, 1.82) is 0 Å². The van der Waals surface area contributed by atoms with Gasteiger partial charge in [0.05, 0.1) is 17.7 Å². The highest BCUT2D eigenvalue weighted by atomic mass is 15.1. The van der Waals surface area contributed by atoms with E-state index in [1.165, 1.54) is 71.2 Å². The van der Waals surface area contributed by atoms with Gasteiger partial charge in [-0.05, 0) is 59.4 Å². The molecule has 0 amide bonds. The molecule has 1 saturated carbocycles. The van der Waals surface area contributed by atoms with Gasteiger partial charge in [0.2, 0.25) is 0 Å². The second-order valence-corrected chi connectivity index (χ2v) is 8.77. The lowest BCUT2D eigenvalue weighted by molar-refractivity contribution is 0.355. The third-order valence-corrected chi connectivity index (χ3v) is 6.77. The van der Waals surface area contributed by atoms with Gasteiger partial charge in [0.25, 0.3) is 0 Å². The standard InChI is InChI=1S/C29H26N2/c1-4-10-21-16-25(17-22(21)11-5-1)28-29(31(20-30-28)27-14-8-3-9-15-27)26-18-23-12-6-2-7-13-24(23)19-26/h1-2,4-7,10-13,16-20,27H,3,8-9,14-15H2. The molecule has 2 nitrogen and oxygen atoms in total. The monoisotopic (exact) mass is 402 g/mol. The van der Waals surface area contributed by atoms with Gasteiger partial charge >= 0.3 is 0 Å². The van der Waals surface area contributed by atoms with E-state index in [0.717, 1.165) is 5.69 Å². The Kier molecular flexibility index (Phi) is 4.57. The van der Waals surface area contributed by atoms with Crippen molar-refractivity contribution < 1.29 is 0 Å². The lowest BCUT2D eigenvalue weighted by atomic mass is 9.94. The van der Waals surface area contributed by atoms with Crippen LogP contribution in [-0.2, 0) is 0 Å². The molecule has 2 heteroatoms. The topological polar surface area (TPSA) is 17.8 Å². The van der Waals surface area contributed by atoms with Gasteiger partial charge in [-0.2, -0.15) is 0 Å². The van der Waals surface area contributed by atoms with Gasteiger partial charge in [-0.15, -0.1) is 0 Å². The SMILES string of the molecule is c1ccc2cc(-c3ncn(C4CCCCC4)c3-c3cc4cccccc-4c3)cc-2cc1. The fourth-order valence-electron chi connectivity index (χ4n) is 5.20. The van der Waals surface area contributed by atoms with Crippen molar-refractivity contribution in [2.24, 2.45) is 0 Å². The van der Waals surface area contributed by atoms with Crippen molar-refractivity contribution in [3.8, 4) is 44.8 Å². The number of hydrogen-bond acceptors (Lipinski definition) is 1. The van der Waals surface area contributed by atoms with Crippen LogP contribution in [0.15, 0.2) is 91.3 Å². The molecule has 5 aliphatic carbocycles. The summed E-state index contributed by atoms with van der Waals surface area (Å²) in [4.78, 5) is 4.99. The van der Waals surface area contributed by atoms with E-state index in [0.29, 0.717) is 6.04 Å². The maximum atomic E-state index is 4.99. The molecule has 6 rings (SSSR count). The van der Waals surface area contributed by atoms with Crippen molar-refractivity contribution in [2.75, 3.05) is 0 Å². The molecule has 1 aromatic rings. The zero-order valence-electron chi connectivity index (χ0n) is 17.7. The van der Waals surface area contributed by atoms with Crippen LogP contribution in [0, 0.1) is 0 Å². The number of fused-ring (bicyclic) bond motifs is 2.